The molecule has 0 atom stereocenters. The normalized spacial score (nSPS) is 15.1. The summed E-state index contributed by atoms with van der Waals surface area (Å²) in [5.41, 5.74) is 6.90. The summed E-state index contributed by atoms with van der Waals surface area (Å²) in [5.74, 6) is -0.500. The number of nitrogens with zero attached hydrogens (tertiary/aromatic N) is 7. The van der Waals surface area contributed by atoms with E-state index in [1.165, 1.54) is 16.1 Å². The molecule has 0 unspecified atom stereocenters. The summed E-state index contributed by atoms with van der Waals surface area (Å²) in [6, 6.07) is 7.00. The maximum atomic E-state index is 13.8. The summed E-state index contributed by atoms with van der Waals surface area (Å²) in [7, 11) is 3.54. The van der Waals surface area contributed by atoms with Crippen molar-refractivity contribution < 1.29 is 22.8 Å². The Kier molecular flexibility index (Phi) is 5.94. The number of hydrogen-bond donors (Lipinski definition) is 1. The largest absolute Gasteiger partial charge is 0.417 e. The lowest BCUT2D eigenvalue weighted by Crippen LogP contribution is -2.57. The number of piperazine rings is 1. The van der Waals surface area contributed by atoms with Crippen molar-refractivity contribution in [3.8, 4) is 0 Å². The number of nitrogen functional groups attached to an aromatic ring is 1. The zero-order valence-corrected chi connectivity index (χ0v) is 20.0. The molecular weight excluding hydrogens is 489 g/mol. The van der Waals surface area contributed by atoms with E-state index >= 15 is 0 Å². The van der Waals surface area contributed by atoms with Crippen LogP contribution in [0.3, 0.4) is 0 Å². The van der Waals surface area contributed by atoms with Crippen molar-refractivity contribution >= 4 is 39.4 Å². The Morgan fingerprint density at radius 1 is 1.11 bits per heavy atom. The Morgan fingerprint density at radius 2 is 1.89 bits per heavy atom. The van der Waals surface area contributed by atoms with Gasteiger partial charge in [-0.05, 0) is 37.4 Å². The van der Waals surface area contributed by atoms with Crippen LogP contribution in [0.5, 0.6) is 0 Å². The van der Waals surface area contributed by atoms with Crippen LogP contribution >= 0.6 is 0 Å². The topological polar surface area (TPSA) is 113 Å². The molecule has 0 aliphatic carbocycles. The molecule has 0 bridgehead atoms. The summed E-state index contributed by atoms with van der Waals surface area (Å²) >= 11 is 0. The number of pyridine rings is 2. The molecule has 1 aliphatic rings. The molecule has 0 radical (unpaired) electrons. The number of hydrazine groups is 1. The van der Waals surface area contributed by atoms with Crippen molar-refractivity contribution in [1.82, 2.24) is 34.7 Å². The zero-order chi connectivity index (χ0) is 26.5. The van der Waals surface area contributed by atoms with Gasteiger partial charge in [0.1, 0.15) is 5.82 Å². The lowest BCUT2D eigenvalue weighted by atomic mass is 10.1. The third-order valence-corrected chi connectivity index (χ3v) is 6.33. The number of aryl methyl sites for hydroxylation is 1. The Hall–Kier alpha value is -4.26. The first kappa shape index (κ1) is 24.4. The Bertz CT molecular complexity index is 1520. The van der Waals surface area contributed by atoms with Crippen LogP contribution in [0.4, 0.5) is 19.0 Å². The van der Waals surface area contributed by atoms with Crippen molar-refractivity contribution in [3.63, 3.8) is 0 Å². The van der Waals surface area contributed by atoms with Gasteiger partial charge in [0.05, 0.1) is 53.5 Å². The van der Waals surface area contributed by atoms with Gasteiger partial charge in [-0.15, -0.1) is 0 Å². The number of benzene rings is 1. The van der Waals surface area contributed by atoms with Crippen LogP contribution in [-0.2, 0) is 24.6 Å². The number of carbonyl (C=O) groups excluding carboxylic acids is 2. The summed E-state index contributed by atoms with van der Waals surface area (Å²) in [5, 5.41) is 8.09. The highest BCUT2D eigenvalue weighted by atomic mass is 19.4. The number of amides is 2. The minimum atomic E-state index is -4.53. The second-order valence-corrected chi connectivity index (χ2v) is 8.91. The first-order valence-electron chi connectivity index (χ1n) is 11.4. The van der Waals surface area contributed by atoms with E-state index in [2.05, 4.69) is 15.1 Å². The van der Waals surface area contributed by atoms with E-state index in [0.29, 0.717) is 34.2 Å². The van der Waals surface area contributed by atoms with Gasteiger partial charge in [0, 0.05) is 30.7 Å². The number of fused-ring (bicyclic) bond motifs is 3. The Labute approximate surface area is 209 Å². The molecule has 13 heteroatoms. The lowest BCUT2D eigenvalue weighted by Gasteiger charge is -2.39. The fourth-order valence-corrected chi connectivity index (χ4v) is 4.38. The lowest BCUT2D eigenvalue weighted by molar-refractivity contribution is -0.151. The van der Waals surface area contributed by atoms with Gasteiger partial charge in [0.2, 0.25) is 0 Å². The third-order valence-electron chi connectivity index (χ3n) is 6.33. The van der Waals surface area contributed by atoms with Gasteiger partial charge in [-0.2, -0.15) is 18.3 Å². The fourth-order valence-electron chi connectivity index (χ4n) is 4.38. The van der Waals surface area contributed by atoms with Crippen LogP contribution in [0, 0.1) is 0 Å². The SMILES string of the molecule is CN1CCN(N(Cc2ccc(C(F)(F)F)cn2)C(=O)c2ccc3nc(N)c4cnn(C)c4c3c2)C(=O)C1. The predicted octanol–water partition coefficient (Wildman–Crippen LogP) is 2.45. The maximum Gasteiger partial charge on any atom is 0.417 e. The van der Waals surface area contributed by atoms with Crippen LogP contribution in [0.2, 0.25) is 0 Å². The molecule has 37 heavy (non-hydrogen) atoms. The summed E-state index contributed by atoms with van der Waals surface area (Å²) in [6.07, 6.45) is -2.22. The van der Waals surface area contributed by atoms with Crippen molar-refractivity contribution in [2.45, 2.75) is 12.7 Å². The molecule has 10 nitrogen and oxygen atoms in total. The third kappa shape index (κ3) is 4.53. The molecule has 5 rings (SSSR count). The number of alkyl halides is 3. The van der Waals surface area contributed by atoms with E-state index in [1.54, 1.807) is 43.2 Å². The molecule has 0 saturated carbocycles. The zero-order valence-electron chi connectivity index (χ0n) is 20.0. The highest BCUT2D eigenvalue weighted by molar-refractivity contribution is 6.10. The number of hydrogen-bond acceptors (Lipinski definition) is 7. The number of carbonyl (C=O) groups is 2. The van der Waals surface area contributed by atoms with Crippen molar-refractivity contribution in [2.75, 3.05) is 32.4 Å². The van der Waals surface area contributed by atoms with E-state index in [0.717, 1.165) is 12.3 Å². The van der Waals surface area contributed by atoms with E-state index in [-0.39, 0.29) is 36.8 Å². The van der Waals surface area contributed by atoms with Crippen LogP contribution < -0.4 is 5.73 Å². The second kappa shape index (κ2) is 9.00. The number of likely N-dealkylation sites (N-methyl/N-ethyl adjacent to an activating group) is 1. The molecular formula is C24H23F3N8O2. The second-order valence-electron chi connectivity index (χ2n) is 8.91. The minimum absolute atomic E-state index is 0.0980. The van der Waals surface area contributed by atoms with Crippen LogP contribution in [0.1, 0.15) is 21.6 Å². The molecule has 1 saturated heterocycles. The summed E-state index contributed by atoms with van der Waals surface area (Å²) < 4.78 is 40.6. The predicted molar refractivity (Wildman–Crippen MR) is 129 cm³/mol. The van der Waals surface area contributed by atoms with Crippen molar-refractivity contribution in [2.24, 2.45) is 7.05 Å². The van der Waals surface area contributed by atoms with Gasteiger partial charge in [-0.25, -0.2) is 15.0 Å². The monoisotopic (exact) mass is 512 g/mol. The molecule has 1 aromatic carbocycles. The van der Waals surface area contributed by atoms with Gasteiger partial charge < -0.3 is 5.73 Å². The average Bonchev–Trinajstić information content (AvgIpc) is 3.25. The van der Waals surface area contributed by atoms with Crippen LogP contribution in [0.25, 0.3) is 21.8 Å². The van der Waals surface area contributed by atoms with Gasteiger partial charge >= 0.3 is 6.18 Å². The number of nitrogens with two attached hydrogens (primary N) is 1. The van der Waals surface area contributed by atoms with Gasteiger partial charge in [-0.3, -0.25) is 24.2 Å². The first-order valence-corrected chi connectivity index (χ1v) is 11.4. The van der Waals surface area contributed by atoms with Crippen LogP contribution in [0.15, 0.2) is 42.7 Å². The fraction of sp³-hybridized carbons (Fsp3) is 0.292. The van der Waals surface area contributed by atoms with E-state index < -0.39 is 17.6 Å². The van der Waals surface area contributed by atoms with Gasteiger partial charge in [0.15, 0.2) is 0 Å². The quantitative estimate of drug-likeness (QED) is 0.447. The van der Waals surface area contributed by atoms with Crippen molar-refractivity contribution in [3.05, 3.63) is 59.5 Å². The average molecular weight is 512 g/mol. The standard InChI is InChI=1S/C24H23F3N8O2/c1-32-7-8-34(20(36)13-32)35(12-16-5-4-15(10-29-16)24(25,26)27)23(37)14-3-6-19-17(9-14)21-18(22(28)31-19)11-30-33(21)2/h3-6,9-11H,7-8,12-13H2,1-2H3,(H2,28,31). The molecule has 0 spiro atoms. The molecule has 1 aliphatic heterocycles. The minimum Gasteiger partial charge on any atom is -0.383 e. The number of rotatable bonds is 4. The summed E-state index contributed by atoms with van der Waals surface area (Å²) in [4.78, 5) is 36.8. The summed E-state index contributed by atoms with van der Waals surface area (Å²) in [6.45, 7) is 0.665. The van der Waals surface area contributed by atoms with Crippen LogP contribution in [-0.4, -0.2) is 73.2 Å². The number of halogens is 3. The van der Waals surface area contributed by atoms with E-state index in [4.69, 9.17) is 5.73 Å². The van der Waals surface area contributed by atoms with E-state index in [1.807, 2.05) is 4.90 Å². The number of aromatic nitrogens is 4. The smallest absolute Gasteiger partial charge is 0.383 e. The molecule has 192 valence electrons. The van der Waals surface area contributed by atoms with Gasteiger partial charge in [-0.1, -0.05) is 0 Å². The molecule has 3 aromatic heterocycles. The van der Waals surface area contributed by atoms with Crippen molar-refractivity contribution in [1.29, 1.82) is 0 Å². The highest BCUT2D eigenvalue weighted by Gasteiger charge is 2.33. The van der Waals surface area contributed by atoms with Gasteiger partial charge in [0.25, 0.3) is 11.8 Å². The Morgan fingerprint density at radius 3 is 2.57 bits per heavy atom. The first-order chi connectivity index (χ1) is 17.5. The van der Waals surface area contributed by atoms with E-state index in [9.17, 15) is 22.8 Å². The maximum absolute atomic E-state index is 13.8. The number of anilines is 1. The molecule has 1 fully saturated rings. The Balaban J connectivity index is 1.55. The molecule has 2 N–H and O–H groups in total. The highest BCUT2D eigenvalue weighted by Crippen LogP contribution is 2.30. The molecule has 4 heterocycles. The molecule has 4 aromatic rings. The molecule has 2 amide bonds.